The van der Waals surface area contributed by atoms with E-state index in [4.69, 9.17) is 17.3 Å². The summed E-state index contributed by atoms with van der Waals surface area (Å²) in [5, 5.41) is 0.213. The number of benzene rings is 1. The lowest BCUT2D eigenvalue weighted by Crippen LogP contribution is -2.15. The Morgan fingerprint density at radius 2 is 2.07 bits per heavy atom. The summed E-state index contributed by atoms with van der Waals surface area (Å²) in [6.07, 6.45) is 0. The van der Waals surface area contributed by atoms with Gasteiger partial charge in [0.2, 0.25) is 0 Å². The molecule has 0 aliphatic rings. The molecule has 0 aliphatic carbocycles. The molecule has 0 saturated heterocycles. The van der Waals surface area contributed by atoms with Crippen LogP contribution in [0.2, 0.25) is 5.02 Å². The van der Waals surface area contributed by atoms with Gasteiger partial charge in [0.05, 0.1) is 11.1 Å². The predicted octanol–water partition coefficient (Wildman–Crippen LogP) is 3.18. The minimum Gasteiger partial charge on any atom is -0.322 e. The Labute approximate surface area is 92.7 Å². The first-order valence-electron chi connectivity index (χ1n) is 3.84. The third kappa shape index (κ3) is 2.56. The van der Waals surface area contributed by atoms with E-state index in [1.54, 1.807) is 6.92 Å². The van der Waals surface area contributed by atoms with Crippen LogP contribution in [-0.2, 0) is 0 Å². The van der Waals surface area contributed by atoms with Crippen molar-refractivity contribution in [2.24, 2.45) is 5.73 Å². The number of nitrogens with two attached hydrogens (primary N) is 1. The largest absolute Gasteiger partial charge is 0.322 e. The fraction of sp³-hybridized carbons (Fsp3) is 0.333. The van der Waals surface area contributed by atoms with Crippen LogP contribution in [0.25, 0.3) is 0 Å². The van der Waals surface area contributed by atoms with E-state index in [1.807, 2.05) is 0 Å². The average Bonchev–Trinajstić information content (AvgIpc) is 2.12. The fourth-order valence-electron chi connectivity index (χ4n) is 1.10. The standard InChI is InChI=1S/C9H10ClF2N.ClH/c1-5-2-3-6(12)8(9(5)10)7(13)4-11;/h2-3,7H,4,13H2,1H3;1H/t7-;/m1./s1. The molecule has 1 aromatic rings. The maximum atomic E-state index is 13.1. The molecular formula is C9H11Cl2F2N. The van der Waals surface area contributed by atoms with Gasteiger partial charge < -0.3 is 5.73 Å². The van der Waals surface area contributed by atoms with Crippen LogP contribution < -0.4 is 5.73 Å². The third-order valence-electron chi connectivity index (χ3n) is 1.86. The zero-order chi connectivity index (χ0) is 10.0. The van der Waals surface area contributed by atoms with Crippen molar-refractivity contribution in [1.29, 1.82) is 0 Å². The summed E-state index contributed by atoms with van der Waals surface area (Å²) >= 11 is 5.79. The molecule has 1 aromatic carbocycles. The molecule has 1 rings (SSSR count). The molecule has 0 aromatic heterocycles. The average molecular weight is 242 g/mol. The molecule has 0 fully saturated rings. The van der Waals surface area contributed by atoms with E-state index in [9.17, 15) is 8.78 Å². The number of rotatable bonds is 2. The molecule has 0 amide bonds. The fourth-order valence-corrected chi connectivity index (χ4v) is 1.39. The van der Waals surface area contributed by atoms with Gasteiger partial charge in [0.1, 0.15) is 12.5 Å². The van der Waals surface area contributed by atoms with Gasteiger partial charge >= 0.3 is 0 Å². The van der Waals surface area contributed by atoms with E-state index < -0.39 is 18.5 Å². The van der Waals surface area contributed by atoms with Crippen molar-refractivity contribution in [3.05, 3.63) is 34.1 Å². The van der Waals surface area contributed by atoms with Crippen molar-refractivity contribution >= 4 is 24.0 Å². The van der Waals surface area contributed by atoms with Gasteiger partial charge in [-0.25, -0.2) is 8.78 Å². The molecule has 0 bridgehead atoms. The lowest BCUT2D eigenvalue weighted by molar-refractivity contribution is 0.427. The Balaban J connectivity index is 0.00000169. The van der Waals surface area contributed by atoms with Crippen LogP contribution in [0.4, 0.5) is 8.78 Å². The van der Waals surface area contributed by atoms with Gasteiger partial charge in [0.15, 0.2) is 0 Å². The molecule has 0 unspecified atom stereocenters. The van der Waals surface area contributed by atoms with Crippen LogP contribution in [0.5, 0.6) is 0 Å². The van der Waals surface area contributed by atoms with Crippen LogP contribution in [-0.4, -0.2) is 6.67 Å². The Morgan fingerprint density at radius 1 is 1.50 bits per heavy atom. The van der Waals surface area contributed by atoms with Crippen LogP contribution in [0, 0.1) is 12.7 Å². The first-order valence-corrected chi connectivity index (χ1v) is 4.21. The minimum atomic E-state index is -0.979. The van der Waals surface area contributed by atoms with Crippen LogP contribution in [0.1, 0.15) is 17.2 Å². The highest BCUT2D eigenvalue weighted by molar-refractivity contribution is 6.32. The van der Waals surface area contributed by atoms with Gasteiger partial charge in [-0.3, -0.25) is 0 Å². The van der Waals surface area contributed by atoms with Crippen molar-refractivity contribution in [3.63, 3.8) is 0 Å². The van der Waals surface area contributed by atoms with E-state index in [2.05, 4.69) is 0 Å². The van der Waals surface area contributed by atoms with E-state index in [0.29, 0.717) is 5.56 Å². The normalized spacial score (nSPS) is 12.1. The van der Waals surface area contributed by atoms with Crippen molar-refractivity contribution in [2.45, 2.75) is 13.0 Å². The summed E-state index contributed by atoms with van der Waals surface area (Å²) < 4.78 is 25.4. The number of alkyl halides is 1. The van der Waals surface area contributed by atoms with Gasteiger partial charge in [0.25, 0.3) is 0 Å². The highest BCUT2D eigenvalue weighted by atomic mass is 35.5. The van der Waals surface area contributed by atoms with E-state index in [0.717, 1.165) is 0 Å². The third-order valence-corrected chi connectivity index (χ3v) is 2.36. The summed E-state index contributed by atoms with van der Waals surface area (Å²) in [6, 6.07) is 1.80. The Morgan fingerprint density at radius 3 is 2.57 bits per heavy atom. The lowest BCUT2D eigenvalue weighted by Gasteiger charge is -2.12. The second kappa shape index (κ2) is 5.49. The first kappa shape index (κ1) is 13.6. The first-order chi connectivity index (χ1) is 6.07. The number of aryl methyl sites for hydroxylation is 1. The van der Waals surface area contributed by atoms with E-state index in [-0.39, 0.29) is 23.0 Å². The summed E-state index contributed by atoms with van der Waals surface area (Å²) in [6.45, 7) is 0.899. The lowest BCUT2D eigenvalue weighted by atomic mass is 10.1. The quantitative estimate of drug-likeness (QED) is 0.846. The van der Waals surface area contributed by atoms with Crippen molar-refractivity contribution < 1.29 is 8.78 Å². The van der Waals surface area contributed by atoms with Crippen LogP contribution >= 0.6 is 24.0 Å². The smallest absolute Gasteiger partial charge is 0.129 e. The van der Waals surface area contributed by atoms with Crippen molar-refractivity contribution in [2.75, 3.05) is 6.67 Å². The highest BCUT2D eigenvalue weighted by Gasteiger charge is 2.16. The molecule has 5 heteroatoms. The molecule has 14 heavy (non-hydrogen) atoms. The summed E-state index contributed by atoms with van der Waals surface area (Å²) in [4.78, 5) is 0. The van der Waals surface area contributed by atoms with Gasteiger partial charge in [-0.1, -0.05) is 17.7 Å². The van der Waals surface area contributed by atoms with Gasteiger partial charge in [-0.05, 0) is 18.6 Å². The Hall–Kier alpha value is -0.380. The number of hydrogen-bond acceptors (Lipinski definition) is 1. The Bertz CT molecular complexity index is 318. The molecule has 80 valence electrons. The van der Waals surface area contributed by atoms with Gasteiger partial charge in [-0.15, -0.1) is 12.4 Å². The SMILES string of the molecule is Cc1ccc(F)c([C@H](N)CF)c1Cl.Cl. The molecule has 0 spiro atoms. The van der Waals surface area contributed by atoms with Crippen molar-refractivity contribution in [1.82, 2.24) is 0 Å². The maximum absolute atomic E-state index is 13.1. The zero-order valence-corrected chi connectivity index (χ0v) is 9.13. The predicted molar refractivity (Wildman–Crippen MR) is 56.3 cm³/mol. The minimum absolute atomic E-state index is 0. The second-order valence-corrected chi connectivity index (χ2v) is 3.23. The number of halogens is 4. The molecular weight excluding hydrogens is 231 g/mol. The summed E-state index contributed by atoms with van der Waals surface area (Å²) in [7, 11) is 0. The monoisotopic (exact) mass is 241 g/mol. The molecule has 0 radical (unpaired) electrons. The van der Waals surface area contributed by atoms with Crippen molar-refractivity contribution in [3.8, 4) is 0 Å². The summed E-state index contributed by atoms with van der Waals surface area (Å²) in [5.41, 5.74) is 6.12. The zero-order valence-electron chi connectivity index (χ0n) is 7.56. The second-order valence-electron chi connectivity index (χ2n) is 2.85. The topological polar surface area (TPSA) is 26.0 Å². The molecule has 0 saturated carbocycles. The molecule has 1 nitrogen and oxygen atoms in total. The van der Waals surface area contributed by atoms with Crippen LogP contribution in [0.3, 0.4) is 0 Å². The Kier molecular flexibility index (Phi) is 5.34. The highest BCUT2D eigenvalue weighted by Crippen LogP contribution is 2.27. The number of hydrogen-bond donors (Lipinski definition) is 1. The summed E-state index contributed by atoms with van der Waals surface area (Å²) in [5.74, 6) is -0.555. The van der Waals surface area contributed by atoms with Crippen LogP contribution in [0.15, 0.2) is 12.1 Å². The van der Waals surface area contributed by atoms with E-state index in [1.165, 1.54) is 12.1 Å². The molecule has 0 aliphatic heterocycles. The van der Waals surface area contributed by atoms with Gasteiger partial charge in [-0.2, -0.15) is 0 Å². The van der Waals surface area contributed by atoms with Gasteiger partial charge in [0, 0.05) is 5.56 Å². The molecule has 2 N–H and O–H groups in total. The maximum Gasteiger partial charge on any atom is 0.129 e. The molecule has 1 atom stereocenters. The molecule has 0 heterocycles. The van der Waals surface area contributed by atoms with E-state index >= 15 is 0 Å².